The molecule has 5 heteroatoms. The average Bonchev–Trinajstić information content (AvgIpc) is 2.32. The second-order valence-electron chi connectivity index (χ2n) is 4.28. The van der Waals surface area contributed by atoms with Gasteiger partial charge in [-0.25, -0.2) is 4.98 Å². The Hall–Kier alpha value is -1.13. The molecule has 0 aliphatic heterocycles. The highest BCUT2D eigenvalue weighted by molar-refractivity contribution is 6.29. The first-order valence-corrected chi connectivity index (χ1v) is 6.16. The number of pyridine rings is 1. The van der Waals surface area contributed by atoms with E-state index in [9.17, 15) is 9.90 Å². The molecule has 17 heavy (non-hydrogen) atoms. The molecule has 0 saturated heterocycles. The van der Waals surface area contributed by atoms with Crippen molar-refractivity contribution in [3.8, 4) is 0 Å². The molecular formula is C12H15ClN2O2. The Kier molecular flexibility index (Phi) is 3.97. The molecule has 2 rings (SSSR count). The molecule has 0 spiro atoms. The van der Waals surface area contributed by atoms with Crippen molar-refractivity contribution in [2.45, 2.75) is 37.8 Å². The van der Waals surface area contributed by atoms with Gasteiger partial charge in [-0.3, -0.25) is 4.79 Å². The maximum absolute atomic E-state index is 11.9. The van der Waals surface area contributed by atoms with Crippen molar-refractivity contribution in [1.82, 2.24) is 10.3 Å². The average molecular weight is 255 g/mol. The van der Waals surface area contributed by atoms with E-state index in [2.05, 4.69) is 10.3 Å². The van der Waals surface area contributed by atoms with Crippen LogP contribution in [0.1, 0.15) is 36.2 Å². The number of hydrogen-bond donors (Lipinski definition) is 2. The minimum Gasteiger partial charge on any atom is -0.391 e. The maximum atomic E-state index is 11.9. The molecule has 1 aliphatic rings. The minimum atomic E-state index is -0.452. The molecule has 0 unspecified atom stereocenters. The summed E-state index contributed by atoms with van der Waals surface area (Å²) in [5, 5.41) is 12.9. The lowest BCUT2D eigenvalue weighted by atomic mass is 9.92. The molecule has 1 fully saturated rings. The van der Waals surface area contributed by atoms with Crippen molar-refractivity contribution in [1.29, 1.82) is 0 Å². The van der Waals surface area contributed by atoms with Crippen LogP contribution in [0.2, 0.25) is 5.15 Å². The Balaban J connectivity index is 2.01. The number of aliphatic hydroxyl groups excluding tert-OH is 1. The summed E-state index contributed by atoms with van der Waals surface area (Å²) in [6, 6.07) is 4.74. The minimum absolute atomic E-state index is 0.169. The largest absolute Gasteiger partial charge is 0.391 e. The lowest BCUT2D eigenvalue weighted by Gasteiger charge is -2.28. The van der Waals surface area contributed by atoms with E-state index in [-0.39, 0.29) is 17.6 Å². The molecule has 1 saturated carbocycles. The quantitative estimate of drug-likeness (QED) is 0.791. The zero-order valence-corrected chi connectivity index (χ0v) is 10.2. The van der Waals surface area contributed by atoms with Gasteiger partial charge in [-0.05, 0) is 25.0 Å². The summed E-state index contributed by atoms with van der Waals surface area (Å²) in [6.07, 6.45) is 3.15. The second kappa shape index (κ2) is 5.47. The number of halogens is 1. The van der Waals surface area contributed by atoms with Crippen LogP contribution in [0.25, 0.3) is 0 Å². The Morgan fingerprint density at radius 3 is 2.88 bits per heavy atom. The Morgan fingerprint density at radius 1 is 1.41 bits per heavy atom. The van der Waals surface area contributed by atoms with Gasteiger partial charge in [0.25, 0.3) is 5.91 Å². The predicted octanol–water partition coefficient (Wildman–Crippen LogP) is 1.77. The SMILES string of the molecule is O=C(N[C@@H]1CCCC[C@H]1O)c1cccc(Cl)n1. The Bertz CT molecular complexity index is 411. The fourth-order valence-electron chi connectivity index (χ4n) is 2.06. The molecular weight excluding hydrogens is 240 g/mol. The monoisotopic (exact) mass is 254 g/mol. The molecule has 0 aromatic carbocycles. The van der Waals surface area contributed by atoms with Crippen LogP contribution in [0.3, 0.4) is 0 Å². The highest BCUT2D eigenvalue weighted by atomic mass is 35.5. The first-order chi connectivity index (χ1) is 8.16. The van der Waals surface area contributed by atoms with Gasteiger partial charge >= 0.3 is 0 Å². The molecule has 1 heterocycles. The Labute approximate surface area is 105 Å². The summed E-state index contributed by atoms with van der Waals surface area (Å²) < 4.78 is 0. The van der Waals surface area contributed by atoms with Crippen LogP contribution in [0.5, 0.6) is 0 Å². The van der Waals surface area contributed by atoms with Gasteiger partial charge in [0.1, 0.15) is 10.8 Å². The van der Waals surface area contributed by atoms with E-state index in [4.69, 9.17) is 11.6 Å². The third-order valence-electron chi connectivity index (χ3n) is 2.99. The third-order valence-corrected chi connectivity index (χ3v) is 3.20. The van der Waals surface area contributed by atoms with E-state index in [1.54, 1.807) is 18.2 Å². The number of hydrogen-bond acceptors (Lipinski definition) is 3. The number of amides is 1. The van der Waals surface area contributed by atoms with Crippen LogP contribution >= 0.6 is 11.6 Å². The van der Waals surface area contributed by atoms with Crippen molar-refractivity contribution >= 4 is 17.5 Å². The van der Waals surface area contributed by atoms with Crippen LogP contribution in [0, 0.1) is 0 Å². The highest BCUT2D eigenvalue weighted by Gasteiger charge is 2.25. The molecule has 2 N–H and O–H groups in total. The number of aromatic nitrogens is 1. The molecule has 2 atom stereocenters. The van der Waals surface area contributed by atoms with Crippen molar-refractivity contribution in [3.05, 3.63) is 29.0 Å². The predicted molar refractivity (Wildman–Crippen MR) is 65.0 cm³/mol. The van der Waals surface area contributed by atoms with E-state index in [0.717, 1.165) is 25.7 Å². The third kappa shape index (κ3) is 3.17. The van der Waals surface area contributed by atoms with Gasteiger partial charge in [0.15, 0.2) is 0 Å². The normalized spacial score (nSPS) is 24.4. The summed E-state index contributed by atoms with van der Waals surface area (Å²) in [4.78, 5) is 15.8. The molecule has 0 radical (unpaired) electrons. The summed E-state index contributed by atoms with van der Waals surface area (Å²) >= 11 is 5.72. The molecule has 0 bridgehead atoms. The van der Waals surface area contributed by atoms with Gasteiger partial charge < -0.3 is 10.4 Å². The number of nitrogens with zero attached hydrogens (tertiary/aromatic N) is 1. The van der Waals surface area contributed by atoms with Crippen LogP contribution < -0.4 is 5.32 Å². The van der Waals surface area contributed by atoms with Gasteiger partial charge in [0.05, 0.1) is 12.1 Å². The van der Waals surface area contributed by atoms with Gasteiger partial charge in [-0.2, -0.15) is 0 Å². The smallest absolute Gasteiger partial charge is 0.270 e. The van der Waals surface area contributed by atoms with E-state index in [1.165, 1.54) is 0 Å². The van der Waals surface area contributed by atoms with Gasteiger partial charge in [0, 0.05) is 0 Å². The second-order valence-corrected chi connectivity index (χ2v) is 4.66. The molecule has 1 amide bonds. The number of carbonyl (C=O) groups excluding carboxylic acids is 1. The summed E-state index contributed by atoms with van der Waals surface area (Å²) in [5.74, 6) is -0.279. The Morgan fingerprint density at radius 2 is 2.18 bits per heavy atom. The molecule has 1 aliphatic carbocycles. The van der Waals surface area contributed by atoms with E-state index >= 15 is 0 Å². The van der Waals surface area contributed by atoms with E-state index in [1.807, 2.05) is 0 Å². The summed E-state index contributed by atoms with van der Waals surface area (Å²) in [5.41, 5.74) is 0.287. The summed E-state index contributed by atoms with van der Waals surface area (Å²) in [7, 11) is 0. The van der Waals surface area contributed by atoms with Crippen molar-refractivity contribution in [2.24, 2.45) is 0 Å². The summed E-state index contributed by atoms with van der Waals surface area (Å²) in [6.45, 7) is 0. The highest BCUT2D eigenvalue weighted by Crippen LogP contribution is 2.18. The zero-order valence-electron chi connectivity index (χ0n) is 9.40. The number of rotatable bonds is 2. The maximum Gasteiger partial charge on any atom is 0.270 e. The first-order valence-electron chi connectivity index (χ1n) is 5.78. The molecule has 1 aromatic rings. The number of nitrogens with one attached hydrogen (secondary N) is 1. The van der Waals surface area contributed by atoms with Crippen LogP contribution in [0.4, 0.5) is 0 Å². The molecule has 1 aromatic heterocycles. The van der Waals surface area contributed by atoms with Crippen molar-refractivity contribution < 1.29 is 9.90 Å². The zero-order chi connectivity index (χ0) is 12.3. The van der Waals surface area contributed by atoms with Gasteiger partial charge in [-0.15, -0.1) is 0 Å². The van der Waals surface area contributed by atoms with Crippen LogP contribution in [-0.2, 0) is 0 Å². The molecule has 92 valence electrons. The van der Waals surface area contributed by atoms with Gasteiger partial charge in [-0.1, -0.05) is 30.5 Å². The van der Waals surface area contributed by atoms with Crippen LogP contribution in [-0.4, -0.2) is 28.1 Å². The standard InChI is InChI=1S/C12H15ClN2O2/c13-11-7-3-5-9(14-11)12(17)15-8-4-1-2-6-10(8)16/h3,5,7-8,10,16H,1-2,4,6H2,(H,15,17)/t8-,10-/m1/s1. The number of carbonyl (C=O) groups is 1. The van der Waals surface area contributed by atoms with E-state index in [0.29, 0.717) is 5.15 Å². The fourth-order valence-corrected chi connectivity index (χ4v) is 2.22. The number of aliphatic hydroxyl groups is 1. The lowest BCUT2D eigenvalue weighted by molar-refractivity contribution is 0.0714. The topological polar surface area (TPSA) is 62.2 Å². The van der Waals surface area contributed by atoms with Crippen molar-refractivity contribution in [3.63, 3.8) is 0 Å². The van der Waals surface area contributed by atoms with Crippen molar-refractivity contribution in [2.75, 3.05) is 0 Å². The fraction of sp³-hybridized carbons (Fsp3) is 0.500. The van der Waals surface area contributed by atoms with Gasteiger partial charge in [0.2, 0.25) is 0 Å². The molecule has 4 nitrogen and oxygen atoms in total. The van der Waals surface area contributed by atoms with Crippen LogP contribution in [0.15, 0.2) is 18.2 Å². The first kappa shape index (κ1) is 12.3. The lowest BCUT2D eigenvalue weighted by Crippen LogP contribution is -2.45. The van der Waals surface area contributed by atoms with E-state index < -0.39 is 6.10 Å².